The molecule has 0 radical (unpaired) electrons. The summed E-state index contributed by atoms with van der Waals surface area (Å²) in [5.41, 5.74) is 0. The predicted octanol–water partition coefficient (Wildman–Crippen LogP) is 3.42. The Morgan fingerprint density at radius 2 is 1.62 bits per heavy atom. The highest BCUT2D eigenvalue weighted by atomic mass is 16.7. The van der Waals surface area contributed by atoms with Crippen molar-refractivity contribution in [2.24, 2.45) is 17.8 Å². The van der Waals surface area contributed by atoms with Crippen LogP contribution in [0.5, 0.6) is 0 Å². The lowest BCUT2D eigenvalue weighted by molar-refractivity contribution is -0.275. The van der Waals surface area contributed by atoms with Gasteiger partial charge in [0.25, 0.3) is 0 Å². The van der Waals surface area contributed by atoms with Gasteiger partial charge in [0.1, 0.15) is 0 Å². The van der Waals surface area contributed by atoms with Gasteiger partial charge in [-0.1, -0.05) is 44.3 Å². The Kier molecular flexibility index (Phi) is 6.73. The number of fused-ring (bicyclic) bond motifs is 2. The van der Waals surface area contributed by atoms with Gasteiger partial charge < -0.3 is 19.7 Å². The van der Waals surface area contributed by atoms with Crippen molar-refractivity contribution in [3.63, 3.8) is 0 Å². The third-order valence-electron chi connectivity index (χ3n) is 6.19. The Morgan fingerprint density at radius 3 is 2.33 bits per heavy atom. The fourth-order valence-electron chi connectivity index (χ4n) is 4.77. The molecule has 0 bridgehead atoms. The number of aliphatic hydroxyl groups is 2. The van der Waals surface area contributed by atoms with E-state index in [0.717, 1.165) is 32.1 Å². The average molecular weight is 338 g/mol. The van der Waals surface area contributed by atoms with Gasteiger partial charge >= 0.3 is 0 Å². The SMILES string of the molecule is OCCCCCCCCCC=C[C@@H]1C[C@H]2[C@@H](CC23OCCO3)C1O. The molecule has 0 amide bonds. The van der Waals surface area contributed by atoms with E-state index in [0.29, 0.717) is 31.7 Å². The van der Waals surface area contributed by atoms with E-state index in [4.69, 9.17) is 14.6 Å². The first-order chi connectivity index (χ1) is 11.8. The monoisotopic (exact) mass is 338 g/mol. The van der Waals surface area contributed by atoms with Crippen molar-refractivity contribution in [3.05, 3.63) is 12.2 Å². The first kappa shape index (κ1) is 18.4. The van der Waals surface area contributed by atoms with Gasteiger partial charge in [-0.3, -0.25) is 0 Å². The molecule has 2 N–H and O–H groups in total. The van der Waals surface area contributed by atoms with Crippen molar-refractivity contribution in [1.29, 1.82) is 0 Å². The second-order valence-electron chi connectivity index (χ2n) is 7.79. The van der Waals surface area contributed by atoms with Crippen LogP contribution in [0.3, 0.4) is 0 Å². The Hall–Kier alpha value is -0.420. The molecular formula is C20H34O4. The lowest BCUT2D eigenvalue weighted by Gasteiger charge is -2.48. The number of unbranched alkanes of at least 4 members (excludes halogenated alkanes) is 7. The van der Waals surface area contributed by atoms with E-state index in [1.165, 1.54) is 32.1 Å². The Morgan fingerprint density at radius 1 is 0.958 bits per heavy atom. The lowest BCUT2D eigenvalue weighted by atomic mass is 9.69. The van der Waals surface area contributed by atoms with Crippen LogP contribution in [0.2, 0.25) is 0 Å². The van der Waals surface area contributed by atoms with Crippen LogP contribution in [0.15, 0.2) is 12.2 Å². The van der Waals surface area contributed by atoms with Gasteiger partial charge in [0.2, 0.25) is 0 Å². The molecule has 3 aliphatic rings. The van der Waals surface area contributed by atoms with Crippen molar-refractivity contribution in [2.45, 2.75) is 76.1 Å². The van der Waals surface area contributed by atoms with Crippen LogP contribution in [0.1, 0.15) is 64.2 Å². The fraction of sp³-hybridized carbons (Fsp3) is 0.900. The molecule has 1 saturated heterocycles. The molecule has 1 aliphatic heterocycles. The van der Waals surface area contributed by atoms with Crippen molar-refractivity contribution >= 4 is 0 Å². The van der Waals surface area contributed by atoms with Crippen LogP contribution in [0.4, 0.5) is 0 Å². The van der Waals surface area contributed by atoms with Gasteiger partial charge in [0.15, 0.2) is 5.79 Å². The third-order valence-corrected chi connectivity index (χ3v) is 6.19. The first-order valence-electron chi connectivity index (χ1n) is 10.0. The van der Waals surface area contributed by atoms with E-state index in [2.05, 4.69) is 12.2 Å². The third kappa shape index (κ3) is 4.04. The van der Waals surface area contributed by atoms with Gasteiger partial charge in [-0.25, -0.2) is 0 Å². The number of ether oxygens (including phenoxy) is 2. The van der Waals surface area contributed by atoms with E-state index in [1.54, 1.807) is 0 Å². The quantitative estimate of drug-likeness (QED) is 0.473. The summed E-state index contributed by atoms with van der Waals surface area (Å²) in [5.74, 6) is 0.704. The Bertz CT molecular complexity index is 402. The maximum absolute atomic E-state index is 10.5. The second-order valence-corrected chi connectivity index (χ2v) is 7.79. The largest absolute Gasteiger partial charge is 0.396 e. The minimum absolute atomic E-state index is 0.212. The molecule has 1 heterocycles. The molecule has 2 saturated carbocycles. The summed E-state index contributed by atoms with van der Waals surface area (Å²) in [6, 6.07) is 0. The van der Waals surface area contributed by atoms with Crippen LogP contribution >= 0.6 is 0 Å². The summed E-state index contributed by atoms with van der Waals surface area (Å²) in [6.07, 6.45) is 15.8. The molecule has 4 nitrogen and oxygen atoms in total. The molecule has 3 fully saturated rings. The van der Waals surface area contributed by atoms with Gasteiger partial charge in [0.05, 0.1) is 19.3 Å². The van der Waals surface area contributed by atoms with E-state index < -0.39 is 0 Å². The van der Waals surface area contributed by atoms with E-state index in [-0.39, 0.29) is 17.8 Å². The standard InChI is InChI=1S/C20H34O4/c21-11-9-7-5-3-1-2-4-6-8-10-16-14-18-17(19(16)22)15-20(18)23-12-13-24-20/h8,10,16-19,21-22H,1-7,9,11-15H2/t16-,17-,18+,19?/m1/s1. The van der Waals surface area contributed by atoms with Gasteiger partial charge in [0, 0.05) is 24.9 Å². The highest BCUT2D eigenvalue weighted by molar-refractivity contribution is 5.12. The minimum atomic E-state index is -0.343. The smallest absolute Gasteiger partial charge is 0.172 e. The molecule has 24 heavy (non-hydrogen) atoms. The number of hydrogen-bond acceptors (Lipinski definition) is 4. The molecule has 0 aromatic rings. The summed E-state index contributed by atoms with van der Waals surface area (Å²) in [4.78, 5) is 0. The molecule has 4 heteroatoms. The lowest BCUT2D eigenvalue weighted by Crippen LogP contribution is -2.54. The zero-order valence-corrected chi connectivity index (χ0v) is 14.9. The molecule has 1 unspecified atom stereocenters. The maximum atomic E-state index is 10.5. The van der Waals surface area contributed by atoms with Crippen molar-refractivity contribution in [1.82, 2.24) is 0 Å². The highest BCUT2D eigenvalue weighted by Crippen LogP contribution is 2.59. The van der Waals surface area contributed by atoms with Crippen LogP contribution in [0.25, 0.3) is 0 Å². The molecule has 0 aromatic carbocycles. The van der Waals surface area contributed by atoms with E-state index in [1.807, 2.05) is 0 Å². The summed E-state index contributed by atoms with van der Waals surface area (Å²) in [5, 5.41) is 19.2. The minimum Gasteiger partial charge on any atom is -0.396 e. The van der Waals surface area contributed by atoms with Crippen molar-refractivity contribution in [3.8, 4) is 0 Å². The first-order valence-corrected chi connectivity index (χ1v) is 10.0. The van der Waals surface area contributed by atoms with Crippen molar-refractivity contribution in [2.75, 3.05) is 19.8 Å². The normalized spacial score (nSPS) is 34.1. The van der Waals surface area contributed by atoms with Crippen LogP contribution in [-0.2, 0) is 9.47 Å². The van der Waals surface area contributed by atoms with E-state index >= 15 is 0 Å². The number of aliphatic hydroxyl groups excluding tert-OH is 2. The Balaban J connectivity index is 1.27. The van der Waals surface area contributed by atoms with Crippen LogP contribution in [0, 0.1) is 17.8 Å². The maximum Gasteiger partial charge on any atom is 0.172 e. The fourth-order valence-corrected chi connectivity index (χ4v) is 4.77. The summed E-state index contributed by atoms with van der Waals surface area (Å²) >= 11 is 0. The second kappa shape index (κ2) is 8.79. The van der Waals surface area contributed by atoms with Crippen LogP contribution < -0.4 is 0 Å². The van der Waals surface area contributed by atoms with Crippen molar-refractivity contribution < 1.29 is 19.7 Å². The summed E-state index contributed by atoms with van der Waals surface area (Å²) in [7, 11) is 0. The summed E-state index contributed by atoms with van der Waals surface area (Å²) in [6.45, 7) is 1.75. The Labute approximate surface area is 146 Å². The average Bonchev–Trinajstić information content (AvgIpc) is 3.16. The molecule has 0 aromatic heterocycles. The molecule has 4 atom stereocenters. The zero-order chi connectivity index (χ0) is 16.8. The van der Waals surface area contributed by atoms with Gasteiger partial charge in [-0.2, -0.15) is 0 Å². The van der Waals surface area contributed by atoms with Crippen LogP contribution in [-0.4, -0.2) is 41.9 Å². The highest BCUT2D eigenvalue weighted by Gasteiger charge is 2.64. The van der Waals surface area contributed by atoms with E-state index in [9.17, 15) is 5.11 Å². The topological polar surface area (TPSA) is 58.9 Å². The molecular weight excluding hydrogens is 304 g/mol. The number of allylic oxidation sites excluding steroid dienone is 1. The molecule has 1 spiro atoms. The summed E-state index contributed by atoms with van der Waals surface area (Å²) < 4.78 is 11.6. The number of rotatable bonds is 10. The van der Waals surface area contributed by atoms with Gasteiger partial charge in [-0.15, -0.1) is 0 Å². The predicted molar refractivity (Wildman–Crippen MR) is 93.5 cm³/mol. The number of hydrogen-bond donors (Lipinski definition) is 2. The molecule has 3 rings (SSSR count). The molecule has 2 aliphatic carbocycles. The molecule has 138 valence electrons. The zero-order valence-electron chi connectivity index (χ0n) is 14.9. The van der Waals surface area contributed by atoms with Gasteiger partial charge in [-0.05, 0) is 31.6 Å².